The van der Waals surface area contributed by atoms with Crippen LogP contribution >= 0.6 is 11.6 Å². The molecular formula is C18H20ClF2N3O. The monoisotopic (exact) mass is 367 g/mol. The highest BCUT2D eigenvalue weighted by Gasteiger charge is 2.24. The molecule has 0 spiro atoms. The van der Waals surface area contributed by atoms with Gasteiger partial charge in [0, 0.05) is 36.1 Å². The van der Waals surface area contributed by atoms with Gasteiger partial charge in [0.05, 0.1) is 12.7 Å². The third-order valence-corrected chi connectivity index (χ3v) is 4.79. The maximum absolute atomic E-state index is 14.6. The highest BCUT2D eigenvalue weighted by Crippen LogP contribution is 2.33. The zero-order valence-electron chi connectivity index (χ0n) is 14.1. The minimum absolute atomic E-state index is 0.00900. The minimum atomic E-state index is -0.771. The van der Waals surface area contributed by atoms with Crippen LogP contribution in [-0.4, -0.2) is 30.8 Å². The summed E-state index contributed by atoms with van der Waals surface area (Å²) in [5.41, 5.74) is 6.30. The molecule has 0 bridgehead atoms. The van der Waals surface area contributed by atoms with Gasteiger partial charge in [-0.1, -0.05) is 25.4 Å². The largest absolute Gasteiger partial charge is 0.382 e. The molecule has 1 atom stereocenters. The van der Waals surface area contributed by atoms with E-state index in [9.17, 15) is 8.78 Å². The summed E-state index contributed by atoms with van der Waals surface area (Å²) in [5.74, 6) is -1.05. The first kappa shape index (κ1) is 17.9. The van der Waals surface area contributed by atoms with Gasteiger partial charge in [0.25, 0.3) is 0 Å². The molecule has 1 aromatic heterocycles. The van der Waals surface area contributed by atoms with Crippen LogP contribution in [0.25, 0.3) is 11.1 Å². The quantitative estimate of drug-likeness (QED) is 0.886. The Bertz CT molecular complexity index is 785. The number of nitrogens with two attached hydrogens (primary N) is 1. The summed E-state index contributed by atoms with van der Waals surface area (Å²) >= 11 is 5.78. The number of halogens is 3. The average molecular weight is 368 g/mol. The third-order valence-electron chi connectivity index (χ3n) is 4.43. The van der Waals surface area contributed by atoms with Crippen molar-refractivity contribution in [2.24, 2.45) is 5.92 Å². The van der Waals surface area contributed by atoms with Crippen LogP contribution in [0.4, 0.5) is 20.3 Å². The number of morpholine rings is 1. The van der Waals surface area contributed by atoms with Crippen LogP contribution in [0, 0.1) is 17.6 Å². The third kappa shape index (κ3) is 3.55. The topological polar surface area (TPSA) is 51.4 Å². The van der Waals surface area contributed by atoms with Gasteiger partial charge in [0.15, 0.2) is 5.82 Å². The molecule has 7 heteroatoms. The lowest BCUT2D eigenvalue weighted by Crippen LogP contribution is -2.44. The van der Waals surface area contributed by atoms with Crippen LogP contribution in [0.2, 0.25) is 5.02 Å². The maximum atomic E-state index is 14.6. The molecule has 1 aliphatic rings. The van der Waals surface area contributed by atoms with Crippen LogP contribution in [0.3, 0.4) is 0 Å². The second-order valence-corrected chi connectivity index (χ2v) is 6.83. The molecule has 0 radical (unpaired) electrons. The number of anilines is 2. The van der Waals surface area contributed by atoms with E-state index in [0.29, 0.717) is 25.6 Å². The van der Waals surface area contributed by atoms with E-state index in [0.717, 1.165) is 5.69 Å². The smallest absolute Gasteiger partial charge is 0.155 e. The van der Waals surface area contributed by atoms with E-state index in [1.165, 1.54) is 18.3 Å². The van der Waals surface area contributed by atoms with E-state index in [1.807, 2.05) is 0 Å². The lowest BCUT2D eigenvalue weighted by molar-refractivity contribution is 0.0114. The highest BCUT2D eigenvalue weighted by atomic mass is 35.5. The molecule has 1 fully saturated rings. The maximum Gasteiger partial charge on any atom is 0.155 e. The summed E-state index contributed by atoms with van der Waals surface area (Å²) in [6, 6.07) is 4.71. The van der Waals surface area contributed by atoms with Gasteiger partial charge in [0.1, 0.15) is 16.7 Å². The summed E-state index contributed by atoms with van der Waals surface area (Å²) in [4.78, 5) is 5.89. The summed E-state index contributed by atoms with van der Waals surface area (Å²) in [5, 5.41) is -0.297. The number of hydrogen-bond acceptors (Lipinski definition) is 4. The molecule has 25 heavy (non-hydrogen) atoms. The Hall–Kier alpha value is -1.92. The highest BCUT2D eigenvalue weighted by molar-refractivity contribution is 6.33. The fraction of sp³-hybridized carbons (Fsp3) is 0.389. The summed E-state index contributed by atoms with van der Waals surface area (Å²) in [7, 11) is 0. The number of hydrogen-bond donors (Lipinski definition) is 1. The number of benzene rings is 1. The first-order valence-corrected chi connectivity index (χ1v) is 8.52. The fourth-order valence-corrected chi connectivity index (χ4v) is 3.05. The van der Waals surface area contributed by atoms with Crippen molar-refractivity contribution in [1.82, 2.24) is 4.98 Å². The van der Waals surface area contributed by atoms with Gasteiger partial charge in [-0.3, -0.25) is 0 Å². The van der Waals surface area contributed by atoms with Gasteiger partial charge in [-0.05, 0) is 24.1 Å². The molecule has 2 N–H and O–H groups in total. The second kappa shape index (κ2) is 7.14. The van der Waals surface area contributed by atoms with Crippen molar-refractivity contribution < 1.29 is 13.5 Å². The Balaban J connectivity index is 1.90. The van der Waals surface area contributed by atoms with Crippen molar-refractivity contribution in [2.75, 3.05) is 30.3 Å². The SMILES string of the molecule is CC(C)[C@@H]1CN(c2ccc(-c3cnc(N)c(Cl)c3F)c(F)c2)CCO1. The van der Waals surface area contributed by atoms with Crippen LogP contribution in [0.15, 0.2) is 24.4 Å². The molecule has 0 saturated carbocycles. The molecule has 1 aromatic carbocycles. The number of ether oxygens (including phenoxy) is 1. The van der Waals surface area contributed by atoms with E-state index in [1.54, 1.807) is 6.07 Å². The Labute approximate surface area is 150 Å². The predicted octanol–water partition coefficient (Wildman–Crippen LogP) is 4.12. The predicted molar refractivity (Wildman–Crippen MR) is 95.8 cm³/mol. The fourth-order valence-electron chi connectivity index (χ4n) is 2.90. The van der Waals surface area contributed by atoms with E-state index in [-0.39, 0.29) is 28.1 Å². The van der Waals surface area contributed by atoms with Crippen molar-refractivity contribution in [2.45, 2.75) is 20.0 Å². The summed E-state index contributed by atoms with van der Waals surface area (Å²) in [6.07, 6.45) is 1.30. The normalized spacial score (nSPS) is 18.0. The van der Waals surface area contributed by atoms with Crippen molar-refractivity contribution in [3.63, 3.8) is 0 Å². The van der Waals surface area contributed by atoms with E-state index >= 15 is 0 Å². The standard InChI is InChI=1S/C18H20ClF2N3O/c1-10(2)15-9-24(5-6-25-15)11-3-4-12(14(20)7-11)13-8-23-18(22)16(19)17(13)21/h3-4,7-8,10,15H,5-6,9H2,1-2H3,(H2,22,23)/t15-/m0/s1. The van der Waals surface area contributed by atoms with Crippen LogP contribution in [0.1, 0.15) is 13.8 Å². The van der Waals surface area contributed by atoms with Gasteiger partial charge in [-0.15, -0.1) is 0 Å². The number of aromatic nitrogens is 1. The minimum Gasteiger partial charge on any atom is -0.382 e. The van der Waals surface area contributed by atoms with Crippen molar-refractivity contribution in [3.8, 4) is 11.1 Å². The van der Waals surface area contributed by atoms with E-state index < -0.39 is 11.6 Å². The van der Waals surface area contributed by atoms with Crippen molar-refractivity contribution in [1.29, 1.82) is 0 Å². The van der Waals surface area contributed by atoms with Crippen LogP contribution < -0.4 is 10.6 Å². The molecule has 134 valence electrons. The first-order chi connectivity index (χ1) is 11.9. The van der Waals surface area contributed by atoms with Gasteiger partial charge in [-0.25, -0.2) is 13.8 Å². The first-order valence-electron chi connectivity index (χ1n) is 8.14. The summed E-state index contributed by atoms with van der Waals surface area (Å²) < 4.78 is 34.6. The molecule has 0 amide bonds. The van der Waals surface area contributed by atoms with E-state index in [2.05, 4.69) is 23.7 Å². The van der Waals surface area contributed by atoms with Crippen molar-refractivity contribution >= 4 is 23.1 Å². The molecule has 2 aromatic rings. The summed E-state index contributed by atoms with van der Waals surface area (Å²) in [6.45, 7) is 6.17. The number of nitrogen functional groups attached to an aromatic ring is 1. The molecule has 4 nitrogen and oxygen atoms in total. The molecule has 1 saturated heterocycles. The van der Waals surface area contributed by atoms with Gasteiger partial charge >= 0.3 is 0 Å². The number of pyridine rings is 1. The Kier molecular flexibility index (Phi) is 5.11. The Morgan fingerprint density at radius 1 is 1.32 bits per heavy atom. The molecule has 2 heterocycles. The molecular weight excluding hydrogens is 348 g/mol. The van der Waals surface area contributed by atoms with Gasteiger partial charge in [0.2, 0.25) is 0 Å². The van der Waals surface area contributed by atoms with Crippen molar-refractivity contribution in [3.05, 3.63) is 41.1 Å². The molecule has 1 aliphatic heterocycles. The molecule has 0 unspecified atom stereocenters. The zero-order valence-corrected chi connectivity index (χ0v) is 14.9. The molecule has 3 rings (SSSR count). The Morgan fingerprint density at radius 3 is 2.76 bits per heavy atom. The van der Waals surface area contributed by atoms with E-state index in [4.69, 9.17) is 22.1 Å². The lowest BCUT2D eigenvalue weighted by Gasteiger charge is -2.36. The Morgan fingerprint density at radius 2 is 2.08 bits per heavy atom. The van der Waals surface area contributed by atoms with Crippen LogP contribution in [-0.2, 0) is 4.74 Å². The van der Waals surface area contributed by atoms with Gasteiger partial charge < -0.3 is 15.4 Å². The average Bonchev–Trinajstić information content (AvgIpc) is 2.60. The number of rotatable bonds is 3. The van der Waals surface area contributed by atoms with Gasteiger partial charge in [-0.2, -0.15) is 0 Å². The van der Waals surface area contributed by atoms with Crippen LogP contribution in [0.5, 0.6) is 0 Å². The number of nitrogens with zero attached hydrogens (tertiary/aromatic N) is 2. The molecule has 0 aliphatic carbocycles. The second-order valence-electron chi connectivity index (χ2n) is 6.45. The zero-order chi connectivity index (χ0) is 18.1. The lowest BCUT2D eigenvalue weighted by atomic mass is 10.0.